The highest BCUT2D eigenvalue weighted by atomic mass is 19.4. The van der Waals surface area contributed by atoms with E-state index in [1.807, 2.05) is 19.1 Å². The summed E-state index contributed by atoms with van der Waals surface area (Å²) in [4.78, 5) is 15.4. The molecule has 0 spiro atoms. The van der Waals surface area contributed by atoms with Gasteiger partial charge in [-0.2, -0.15) is 13.2 Å². The Labute approximate surface area is 187 Å². The lowest BCUT2D eigenvalue weighted by molar-refractivity contribution is -0.138. The van der Waals surface area contributed by atoms with Gasteiger partial charge in [0.2, 0.25) is 5.89 Å². The van der Waals surface area contributed by atoms with Crippen LogP contribution in [0.25, 0.3) is 22.4 Å². The van der Waals surface area contributed by atoms with Crippen LogP contribution in [0.5, 0.6) is 5.75 Å². The number of oxazole rings is 1. The topological polar surface area (TPSA) is 77.5 Å². The molecule has 0 saturated heterocycles. The van der Waals surface area contributed by atoms with Crippen LogP contribution in [0, 0.1) is 0 Å². The Balaban J connectivity index is 1.56. The van der Waals surface area contributed by atoms with Crippen molar-refractivity contribution < 1.29 is 32.2 Å². The number of nitrogens with zero attached hydrogens (tertiary/aromatic N) is 2. The summed E-state index contributed by atoms with van der Waals surface area (Å²) in [5.41, 5.74) is 1.14. The molecule has 0 bridgehead atoms. The van der Waals surface area contributed by atoms with Gasteiger partial charge in [0, 0.05) is 22.7 Å². The van der Waals surface area contributed by atoms with Gasteiger partial charge in [0.05, 0.1) is 11.3 Å². The average molecular weight is 458 g/mol. The molecule has 1 atom stereocenters. The van der Waals surface area contributed by atoms with Crippen LogP contribution >= 0.6 is 0 Å². The largest absolute Gasteiger partial charge is 0.483 e. The fourth-order valence-electron chi connectivity index (χ4n) is 3.65. The summed E-state index contributed by atoms with van der Waals surface area (Å²) in [7, 11) is 0. The molecule has 0 saturated carbocycles. The van der Waals surface area contributed by atoms with E-state index < -0.39 is 23.8 Å². The molecule has 9 heteroatoms. The van der Waals surface area contributed by atoms with Crippen molar-refractivity contribution >= 4 is 16.9 Å². The van der Waals surface area contributed by atoms with E-state index in [0.29, 0.717) is 29.2 Å². The number of ether oxygens (including phenoxy) is 1. The van der Waals surface area contributed by atoms with Gasteiger partial charge in [-0.25, -0.2) is 4.98 Å². The normalized spacial score (nSPS) is 12.8. The third-order valence-corrected chi connectivity index (χ3v) is 5.25. The van der Waals surface area contributed by atoms with Gasteiger partial charge < -0.3 is 18.8 Å². The standard InChI is InChI=1S/C24H21F3N2O4/c1-3-19-22(33-23(28-19)15-4-6-17(7-5-15)24(25,26)27)14(2)32-18-8-9-20-16(12-18)10-11-29(20)13-21(30)31/h4-12,14H,3,13H2,1-2H3,(H,30,31). The lowest BCUT2D eigenvalue weighted by Crippen LogP contribution is -2.07. The first-order valence-corrected chi connectivity index (χ1v) is 10.3. The number of aliphatic carboxylic acids is 1. The average Bonchev–Trinajstić information content (AvgIpc) is 3.37. The molecule has 4 aromatic rings. The minimum Gasteiger partial charge on any atom is -0.483 e. The maximum absolute atomic E-state index is 12.8. The number of aryl methyl sites for hydroxylation is 1. The van der Waals surface area contributed by atoms with Gasteiger partial charge in [0.1, 0.15) is 12.3 Å². The lowest BCUT2D eigenvalue weighted by Gasteiger charge is -2.14. The van der Waals surface area contributed by atoms with Crippen LogP contribution in [0.3, 0.4) is 0 Å². The molecule has 172 valence electrons. The predicted octanol–water partition coefficient (Wildman–Crippen LogP) is 6.10. The molecule has 0 aliphatic rings. The van der Waals surface area contributed by atoms with Gasteiger partial charge in [-0.3, -0.25) is 4.79 Å². The number of carboxylic acid groups (broad SMARTS) is 1. The van der Waals surface area contributed by atoms with Crippen molar-refractivity contribution in [2.45, 2.75) is 39.1 Å². The second kappa shape index (κ2) is 8.65. The zero-order valence-electron chi connectivity index (χ0n) is 17.9. The Bertz CT molecular complexity index is 1290. The molecular weight excluding hydrogens is 437 g/mol. The van der Waals surface area contributed by atoms with E-state index in [-0.39, 0.29) is 12.4 Å². The Morgan fingerprint density at radius 2 is 1.91 bits per heavy atom. The molecule has 2 aromatic carbocycles. The van der Waals surface area contributed by atoms with E-state index in [1.165, 1.54) is 12.1 Å². The highest BCUT2D eigenvalue weighted by Gasteiger charge is 2.30. The number of fused-ring (bicyclic) bond motifs is 1. The zero-order valence-corrected chi connectivity index (χ0v) is 17.9. The number of carboxylic acids is 1. The van der Waals surface area contributed by atoms with E-state index in [9.17, 15) is 18.0 Å². The van der Waals surface area contributed by atoms with Gasteiger partial charge in [0.25, 0.3) is 0 Å². The number of hydrogen-bond donors (Lipinski definition) is 1. The van der Waals surface area contributed by atoms with Gasteiger partial charge in [0.15, 0.2) is 11.9 Å². The van der Waals surface area contributed by atoms with E-state index in [2.05, 4.69) is 4.98 Å². The number of aromatic nitrogens is 2. The Morgan fingerprint density at radius 1 is 1.18 bits per heavy atom. The van der Waals surface area contributed by atoms with Crippen LogP contribution in [0.15, 0.2) is 59.1 Å². The van der Waals surface area contributed by atoms with Crippen LogP contribution in [0.1, 0.15) is 37.0 Å². The first-order valence-electron chi connectivity index (χ1n) is 10.3. The number of carbonyl (C=O) groups is 1. The quantitative estimate of drug-likeness (QED) is 0.362. The van der Waals surface area contributed by atoms with Gasteiger partial charge in [-0.05, 0) is 61.9 Å². The number of benzene rings is 2. The molecule has 33 heavy (non-hydrogen) atoms. The van der Waals surface area contributed by atoms with Crippen molar-refractivity contribution in [3.63, 3.8) is 0 Å². The van der Waals surface area contributed by atoms with Crippen LogP contribution in [-0.4, -0.2) is 20.6 Å². The minimum atomic E-state index is -4.41. The second-order valence-electron chi connectivity index (χ2n) is 7.58. The molecule has 2 aromatic heterocycles. The van der Waals surface area contributed by atoms with Gasteiger partial charge in [-0.1, -0.05) is 6.92 Å². The molecule has 4 rings (SSSR count). The summed E-state index contributed by atoms with van der Waals surface area (Å²) in [5.74, 6) is 0.364. The lowest BCUT2D eigenvalue weighted by atomic mass is 10.1. The van der Waals surface area contributed by atoms with Crippen LogP contribution in [0.4, 0.5) is 13.2 Å². The molecule has 1 N–H and O–H groups in total. The number of rotatable bonds is 7. The maximum atomic E-state index is 12.8. The number of halogens is 3. The molecule has 6 nitrogen and oxygen atoms in total. The highest BCUT2D eigenvalue weighted by molar-refractivity contribution is 5.83. The monoisotopic (exact) mass is 458 g/mol. The third kappa shape index (κ3) is 4.72. The van der Waals surface area contributed by atoms with Crippen molar-refractivity contribution in [1.82, 2.24) is 9.55 Å². The van der Waals surface area contributed by atoms with Crippen molar-refractivity contribution in [2.24, 2.45) is 0 Å². The van der Waals surface area contributed by atoms with E-state index in [0.717, 1.165) is 23.0 Å². The highest BCUT2D eigenvalue weighted by Crippen LogP contribution is 2.33. The molecule has 0 aliphatic carbocycles. The smallest absolute Gasteiger partial charge is 0.416 e. The van der Waals surface area contributed by atoms with Gasteiger partial charge in [-0.15, -0.1) is 0 Å². The van der Waals surface area contributed by atoms with Crippen molar-refractivity contribution in [3.05, 3.63) is 71.7 Å². The number of hydrogen-bond acceptors (Lipinski definition) is 4. The van der Waals surface area contributed by atoms with Gasteiger partial charge >= 0.3 is 12.1 Å². The van der Waals surface area contributed by atoms with Crippen molar-refractivity contribution in [1.29, 1.82) is 0 Å². The van der Waals surface area contributed by atoms with E-state index in [1.54, 1.807) is 29.8 Å². The fourth-order valence-corrected chi connectivity index (χ4v) is 3.65. The number of alkyl halides is 3. The summed E-state index contributed by atoms with van der Waals surface area (Å²) in [6.07, 6.45) is -2.65. The summed E-state index contributed by atoms with van der Waals surface area (Å²) < 4.78 is 52.1. The van der Waals surface area contributed by atoms with Crippen LogP contribution in [-0.2, 0) is 23.9 Å². The SMILES string of the molecule is CCc1nc(-c2ccc(C(F)(F)F)cc2)oc1C(C)Oc1ccc2c(ccn2CC(=O)O)c1. The first-order chi connectivity index (χ1) is 15.7. The molecule has 2 heterocycles. The van der Waals surface area contributed by atoms with Crippen LogP contribution in [0.2, 0.25) is 0 Å². The van der Waals surface area contributed by atoms with E-state index in [4.69, 9.17) is 14.3 Å². The third-order valence-electron chi connectivity index (χ3n) is 5.25. The summed E-state index contributed by atoms with van der Waals surface area (Å²) in [6, 6.07) is 11.8. The Morgan fingerprint density at radius 3 is 2.55 bits per heavy atom. The molecule has 0 aliphatic heterocycles. The zero-order chi connectivity index (χ0) is 23.8. The summed E-state index contributed by atoms with van der Waals surface area (Å²) >= 11 is 0. The minimum absolute atomic E-state index is 0.134. The summed E-state index contributed by atoms with van der Waals surface area (Å²) in [6.45, 7) is 3.57. The molecular formula is C24H21F3N2O4. The van der Waals surface area contributed by atoms with E-state index >= 15 is 0 Å². The van der Waals surface area contributed by atoms with Crippen molar-refractivity contribution in [3.8, 4) is 17.2 Å². The molecule has 0 fully saturated rings. The maximum Gasteiger partial charge on any atom is 0.416 e. The second-order valence-corrected chi connectivity index (χ2v) is 7.58. The van der Waals surface area contributed by atoms with Crippen LogP contribution < -0.4 is 4.74 Å². The first kappa shape index (κ1) is 22.4. The molecule has 0 amide bonds. The Kier molecular flexibility index (Phi) is 5.88. The summed E-state index contributed by atoms with van der Waals surface area (Å²) in [5, 5.41) is 9.85. The molecule has 1 unspecified atom stereocenters. The fraction of sp³-hybridized carbons (Fsp3) is 0.250. The molecule has 0 radical (unpaired) electrons. The van der Waals surface area contributed by atoms with Crippen molar-refractivity contribution in [2.75, 3.05) is 0 Å². The predicted molar refractivity (Wildman–Crippen MR) is 115 cm³/mol. The Hall–Kier alpha value is -3.75.